The smallest absolute Gasteiger partial charge is 0.305 e. The van der Waals surface area contributed by atoms with Crippen LogP contribution in [0.15, 0.2) is 30.3 Å². The Morgan fingerprint density at radius 2 is 1.85 bits per heavy atom. The van der Waals surface area contributed by atoms with Crippen molar-refractivity contribution in [1.29, 1.82) is 0 Å². The van der Waals surface area contributed by atoms with E-state index in [2.05, 4.69) is 10.4 Å². The minimum atomic E-state index is -0.701. The minimum Gasteiger partial charge on any atom is -0.466 e. The van der Waals surface area contributed by atoms with Crippen molar-refractivity contribution < 1.29 is 19.1 Å². The summed E-state index contributed by atoms with van der Waals surface area (Å²) in [5, 5.41) is 6.93. The molecule has 0 unspecified atom stereocenters. The number of nitrogens with one attached hydrogen (secondary N) is 1. The molecule has 26 heavy (non-hydrogen) atoms. The highest BCUT2D eigenvalue weighted by Gasteiger charge is 2.24. The van der Waals surface area contributed by atoms with Gasteiger partial charge < -0.3 is 10.1 Å². The lowest BCUT2D eigenvalue weighted by molar-refractivity contribution is -0.143. The molecule has 0 radical (unpaired) electrons. The second-order valence-corrected chi connectivity index (χ2v) is 5.79. The number of esters is 1. The number of hydrogen-bond donors (Lipinski definition) is 1. The van der Waals surface area contributed by atoms with E-state index in [1.165, 1.54) is 0 Å². The van der Waals surface area contributed by atoms with Gasteiger partial charge in [-0.05, 0) is 39.3 Å². The van der Waals surface area contributed by atoms with Crippen molar-refractivity contribution in [1.82, 2.24) is 15.1 Å². The molecule has 2 aromatic rings. The van der Waals surface area contributed by atoms with E-state index in [4.69, 9.17) is 4.74 Å². The minimum absolute atomic E-state index is 0.201. The number of ether oxygens (including phenoxy) is 1. The number of benzene rings is 1. The van der Waals surface area contributed by atoms with Gasteiger partial charge in [-0.25, -0.2) is 4.68 Å². The number of amides is 1. The Labute approximate surface area is 152 Å². The van der Waals surface area contributed by atoms with Crippen LogP contribution >= 0.6 is 0 Å². The molecule has 7 nitrogen and oxygen atoms in total. The van der Waals surface area contributed by atoms with Crippen LogP contribution in [0, 0.1) is 13.8 Å². The van der Waals surface area contributed by atoms with Crippen LogP contribution in [0.4, 0.5) is 0 Å². The molecule has 0 atom stereocenters. The summed E-state index contributed by atoms with van der Waals surface area (Å²) in [7, 11) is 0. The molecular formula is C19H23N3O4. The number of ketones is 1. The van der Waals surface area contributed by atoms with E-state index in [-0.39, 0.29) is 18.9 Å². The molecule has 0 saturated carbocycles. The molecule has 0 spiro atoms. The first-order valence-corrected chi connectivity index (χ1v) is 8.55. The van der Waals surface area contributed by atoms with Crippen molar-refractivity contribution in [2.45, 2.75) is 33.6 Å². The zero-order chi connectivity index (χ0) is 19.1. The van der Waals surface area contributed by atoms with Gasteiger partial charge in [0.1, 0.15) is 0 Å². The fraction of sp³-hybridized carbons (Fsp3) is 0.368. The summed E-state index contributed by atoms with van der Waals surface area (Å²) in [6.07, 6.45) is 0.616. The van der Waals surface area contributed by atoms with E-state index in [1.54, 1.807) is 25.5 Å². The maximum absolute atomic E-state index is 12.5. The third-order valence-corrected chi connectivity index (χ3v) is 3.87. The molecule has 7 heteroatoms. The molecule has 0 fully saturated rings. The Kier molecular flexibility index (Phi) is 6.66. The van der Waals surface area contributed by atoms with Crippen LogP contribution in [-0.4, -0.2) is 40.6 Å². The molecular weight excluding hydrogens is 334 g/mol. The number of Topliss-reactive ketones (excluding diaryl/α,β-unsaturated/α-hetero) is 1. The van der Waals surface area contributed by atoms with Gasteiger partial charge in [-0.3, -0.25) is 14.4 Å². The van der Waals surface area contributed by atoms with Crippen LogP contribution in [0.2, 0.25) is 0 Å². The van der Waals surface area contributed by atoms with Crippen LogP contribution in [0.3, 0.4) is 0 Å². The molecule has 138 valence electrons. The van der Waals surface area contributed by atoms with Crippen molar-refractivity contribution in [2.75, 3.05) is 13.2 Å². The van der Waals surface area contributed by atoms with Crippen LogP contribution in [-0.2, 0) is 14.3 Å². The van der Waals surface area contributed by atoms with Crippen LogP contribution in [0.1, 0.15) is 41.5 Å². The highest BCUT2D eigenvalue weighted by atomic mass is 16.5. The second kappa shape index (κ2) is 8.94. The lowest BCUT2D eigenvalue weighted by atomic mass is 10.1. The van der Waals surface area contributed by atoms with Gasteiger partial charge in [0.15, 0.2) is 0 Å². The molecule has 1 amide bonds. The highest BCUT2D eigenvalue weighted by Crippen LogP contribution is 2.18. The van der Waals surface area contributed by atoms with Gasteiger partial charge in [-0.2, -0.15) is 5.10 Å². The summed E-state index contributed by atoms with van der Waals surface area (Å²) >= 11 is 0. The SMILES string of the molecule is CCOC(=O)CCCNC(=O)C(=O)c1c(C)nn(-c2ccccc2)c1C. The van der Waals surface area contributed by atoms with Crippen LogP contribution in [0.25, 0.3) is 5.69 Å². The molecule has 0 bridgehead atoms. The van der Waals surface area contributed by atoms with E-state index < -0.39 is 11.7 Å². The highest BCUT2D eigenvalue weighted by molar-refractivity contribution is 6.43. The zero-order valence-electron chi connectivity index (χ0n) is 15.2. The Balaban J connectivity index is 2.02. The second-order valence-electron chi connectivity index (χ2n) is 5.79. The maximum atomic E-state index is 12.5. The largest absolute Gasteiger partial charge is 0.466 e. The molecule has 2 rings (SSSR count). The number of carbonyl (C=O) groups excluding carboxylic acids is 3. The summed E-state index contributed by atoms with van der Waals surface area (Å²) in [6, 6.07) is 9.41. The van der Waals surface area contributed by atoms with Gasteiger partial charge in [0.25, 0.3) is 11.7 Å². The molecule has 0 aliphatic rings. The van der Waals surface area contributed by atoms with E-state index in [1.807, 2.05) is 30.3 Å². The summed E-state index contributed by atoms with van der Waals surface area (Å²) < 4.78 is 6.46. The summed E-state index contributed by atoms with van der Waals surface area (Å²) in [5.74, 6) is -1.64. The van der Waals surface area contributed by atoms with Gasteiger partial charge in [-0.15, -0.1) is 0 Å². The van der Waals surface area contributed by atoms with Crippen molar-refractivity contribution in [3.05, 3.63) is 47.3 Å². The lowest BCUT2D eigenvalue weighted by Gasteiger charge is -2.06. The van der Waals surface area contributed by atoms with Crippen molar-refractivity contribution in [2.24, 2.45) is 0 Å². The fourth-order valence-corrected chi connectivity index (χ4v) is 2.65. The van der Waals surface area contributed by atoms with Gasteiger partial charge in [0.2, 0.25) is 0 Å². The Morgan fingerprint density at radius 3 is 2.50 bits per heavy atom. The number of aromatic nitrogens is 2. The van der Waals surface area contributed by atoms with E-state index >= 15 is 0 Å². The summed E-state index contributed by atoms with van der Waals surface area (Å²) in [6.45, 7) is 5.75. The molecule has 1 heterocycles. The third kappa shape index (κ3) is 4.56. The normalized spacial score (nSPS) is 10.4. The average Bonchev–Trinajstić information content (AvgIpc) is 2.93. The fourth-order valence-electron chi connectivity index (χ4n) is 2.65. The molecule has 0 aliphatic carbocycles. The van der Waals surface area contributed by atoms with Crippen LogP contribution < -0.4 is 5.32 Å². The zero-order valence-corrected chi connectivity index (χ0v) is 15.2. The van der Waals surface area contributed by atoms with Gasteiger partial charge in [-0.1, -0.05) is 18.2 Å². The first-order chi connectivity index (χ1) is 12.5. The standard InChI is InChI=1S/C19H23N3O4/c1-4-26-16(23)11-8-12-20-19(25)18(24)17-13(2)21-22(14(17)3)15-9-6-5-7-10-15/h5-7,9-10H,4,8,11-12H2,1-3H3,(H,20,25). The predicted molar refractivity (Wildman–Crippen MR) is 96.2 cm³/mol. The van der Waals surface area contributed by atoms with E-state index in [9.17, 15) is 14.4 Å². The number of hydrogen-bond acceptors (Lipinski definition) is 5. The quantitative estimate of drug-likeness (QED) is 0.338. The van der Waals surface area contributed by atoms with Gasteiger partial charge in [0.05, 0.1) is 29.2 Å². The lowest BCUT2D eigenvalue weighted by Crippen LogP contribution is -2.32. The van der Waals surface area contributed by atoms with Crippen molar-refractivity contribution in [3.8, 4) is 5.69 Å². The van der Waals surface area contributed by atoms with Crippen molar-refractivity contribution in [3.63, 3.8) is 0 Å². The topological polar surface area (TPSA) is 90.3 Å². The first kappa shape index (κ1) is 19.4. The third-order valence-electron chi connectivity index (χ3n) is 3.87. The van der Waals surface area contributed by atoms with Crippen molar-refractivity contribution >= 4 is 17.7 Å². The number of carbonyl (C=O) groups is 3. The average molecular weight is 357 g/mol. The number of nitrogens with zero attached hydrogens (tertiary/aromatic N) is 2. The monoisotopic (exact) mass is 357 g/mol. The molecule has 0 saturated heterocycles. The Bertz CT molecular complexity index is 797. The Hall–Kier alpha value is -2.96. The first-order valence-electron chi connectivity index (χ1n) is 8.55. The van der Waals surface area contributed by atoms with E-state index in [0.717, 1.165) is 5.69 Å². The molecule has 1 aromatic heterocycles. The number of para-hydroxylation sites is 1. The molecule has 0 aliphatic heterocycles. The molecule has 1 N–H and O–H groups in total. The summed E-state index contributed by atoms with van der Waals surface area (Å²) in [5.41, 5.74) is 2.23. The summed E-state index contributed by atoms with van der Waals surface area (Å²) in [4.78, 5) is 35.9. The maximum Gasteiger partial charge on any atom is 0.305 e. The number of rotatable bonds is 8. The molecule has 1 aromatic carbocycles. The van der Waals surface area contributed by atoms with E-state index in [0.29, 0.717) is 30.0 Å². The Morgan fingerprint density at radius 1 is 1.15 bits per heavy atom. The van der Waals surface area contributed by atoms with Gasteiger partial charge >= 0.3 is 5.97 Å². The van der Waals surface area contributed by atoms with Gasteiger partial charge in [0, 0.05) is 13.0 Å². The van der Waals surface area contributed by atoms with Crippen LogP contribution in [0.5, 0.6) is 0 Å². The predicted octanol–water partition coefficient (Wildman–Crippen LogP) is 2.13. The number of aryl methyl sites for hydroxylation is 1.